The highest BCUT2D eigenvalue weighted by molar-refractivity contribution is 6.32. The Morgan fingerprint density at radius 1 is 1.45 bits per heavy atom. The van der Waals surface area contributed by atoms with Gasteiger partial charge in [0.15, 0.2) is 11.5 Å². The minimum Gasteiger partial charge on any atom is -0.493 e. The van der Waals surface area contributed by atoms with Crippen LogP contribution in [-0.2, 0) is 0 Å². The van der Waals surface area contributed by atoms with Gasteiger partial charge in [-0.2, -0.15) is 0 Å². The number of ether oxygens (including phenoxy) is 2. The average molecular weight is 326 g/mol. The van der Waals surface area contributed by atoms with Crippen LogP contribution in [0.5, 0.6) is 11.5 Å². The van der Waals surface area contributed by atoms with E-state index in [2.05, 4.69) is 6.92 Å². The van der Waals surface area contributed by atoms with Crippen LogP contribution in [0.25, 0.3) is 0 Å². The molecule has 0 radical (unpaired) electrons. The third-order valence-corrected chi connectivity index (χ3v) is 4.15. The average Bonchev–Trinajstić information content (AvgIpc) is 2.52. The van der Waals surface area contributed by atoms with E-state index in [-0.39, 0.29) is 5.91 Å². The van der Waals surface area contributed by atoms with Gasteiger partial charge in [-0.15, -0.1) is 0 Å². The first-order valence-corrected chi connectivity index (χ1v) is 8.24. The number of rotatable bonds is 5. The van der Waals surface area contributed by atoms with Crippen molar-refractivity contribution in [2.45, 2.75) is 33.1 Å². The van der Waals surface area contributed by atoms with Gasteiger partial charge >= 0.3 is 0 Å². The molecule has 1 aromatic rings. The van der Waals surface area contributed by atoms with Crippen molar-refractivity contribution in [2.75, 3.05) is 26.8 Å². The molecule has 1 saturated heterocycles. The molecule has 1 heterocycles. The highest BCUT2D eigenvalue weighted by Gasteiger charge is 2.24. The maximum atomic E-state index is 12.7. The number of hydrogen-bond acceptors (Lipinski definition) is 3. The summed E-state index contributed by atoms with van der Waals surface area (Å²) in [6.45, 7) is 6.36. The van der Waals surface area contributed by atoms with E-state index in [9.17, 15) is 4.79 Å². The lowest BCUT2D eigenvalue weighted by Crippen LogP contribution is -2.39. The number of halogens is 1. The summed E-state index contributed by atoms with van der Waals surface area (Å²) in [6, 6.07) is 3.40. The molecule has 1 aromatic carbocycles. The molecule has 1 aliphatic heterocycles. The quantitative estimate of drug-likeness (QED) is 0.821. The van der Waals surface area contributed by atoms with Crippen LogP contribution in [0.1, 0.15) is 43.5 Å². The second-order valence-corrected chi connectivity index (χ2v) is 6.24. The van der Waals surface area contributed by atoms with Crippen LogP contribution in [0, 0.1) is 5.92 Å². The van der Waals surface area contributed by atoms with Crippen molar-refractivity contribution in [3.63, 3.8) is 0 Å². The van der Waals surface area contributed by atoms with E-state index < -0.39 is 0 Å². The smallest absolute Gasteiger partial charge is 0.254 e. The van der Waals surface area contributed by atoms with Crippen molar-refractivity contribution >= 4 is 17.5 Å². The van der Waals surface area contributed by atoms with Crippen LogP contribution in [0.3, 0.4) is 0 Å². The van der Waals surface area contributed by atoms with Crippen molar-refractivity contribution in [1.82, 2.24) is 4.90 Å². The number of piperidine rings is 1. The molecule has 0 spiro atoms. The Morgan fingerprint density at radius 2 is 2.23 bits per heavy atom. The van der Waals surface area contributed by atoms with Gasteiger partial charge in [-0.05, 0) is 37.3 Å². The lowest BCUT2D eigenvalue weighted by molar-refractivity contribution is 0.0682. The molecule has 1 aliphatic rings. The zero-order valence-electron chi connectivity index (χ0n) is 13.5. The fourth-order valence-corrected chi connectivity index (χ4v) is 3.01. The summed E-state index contributed by atoms with van der Waals surface area (Å²) in [7, 11) is 1.56. The second kappa shape index (κ2) is 7.73. The number of methoxy groups -OCH3 is 1. The molecule has 1 fully saturated rings. The first-order chi connectivity index (χ1) is 10.6. The summed E-state index contributed by atoms with van der Waals surface area (Å²) >= 11 is 6.28. The molecular formula is C17H24ClNO3. The number of likely N-dealkylation sites (tertiary alicyclic amines) is 1. The Morgan fingerprint density at radius 3 is 2.86 bits per heavy atom. The van der Waals surface area contributed by atoms with E-state index in [1.807, 2.05) is 11.8 Å². The van der Waals surface area contributed by atoms with E-state index in [0.29, 0.717) is 34.6 Å². The van der Waals surface area contributed by atoms with E-state index in [1.165, 1.54) is 6.42 Å². The van der Waals surface area contributed by atoms with Gasteiger partial charge in [0.1, 0.15) is 0 Å². The standard InChI is InChI=1S/C17H24ClNO3/c1-4-8-22-16-14(18)9-13(10-15(16)21-3)17(20)19-7-5-6-12(2)11-19/h9-10,12H,4-8,11H2,1-3H3. The summed E-state index contributed by atoms with van der Waals surface area (Å²) in [6.07, 6.45) is 3.11. The number of carbonyl (C=O) groups is 1. The predicted octanol–water partition coefficient (Wildman–Crippen LogP) is 4.01. The number of hydrogen-bond donors (Lipinski definition) is 0. The molecular weight excluding hydrogens is 302 g/mol. The molecule has 2 rings (SSSR count). The van der Waals surface area contributed by atoms with Gasteiger partial charge in [0, 0.05) is 18.7 Å². The molecule has 4 nitrogen and oxygen atoms in total. The fourth-order valence-electron chi connectivity index (χ4n) is 2.74. The first-order valence-electron chi connectivity index (χ1n) is 7.86. The highest BCUT2D eigenvalue weighted by atomic mass is 35.5. The molecule has 1 unspecified atom stereocenters. The molecule has 0 N–H and O–H groups in total. The van der Waals surface area contributed by atoms with Crippen molar-refractivity contribution < 1.29 is 14.3 Å². The summed E-state index contributed by atoms with van der Waals surface area (Å²) in [4.78, 5) is 14.6. The van der Waals surface area contributed by atoms with Crippen molar-refractivity contribution in [3.05, 3.63) is 22.7 Å². The van der Waals surface area contributed by atoms with Gasteiger partial charge in [0.2, 0.25) is 0 Å². The lowest BCUT2D eigenvalue weighted by atomic mass is 9.99. The summed E-state index contributed by atoms with van der Waals surface area (Å²) < 4.78 is 11.0. The van der Waals surface area contributed by atoms with Gasteiger partial charge in [-0.1, -0.05) is 25.4 Å². The van der Waals surface area contributed by atoms with Crippen LogP contribution in [0.2, 0.25) is 5.02 Å². The Hall–Kier alpha value is -1.42. The van der Waals surface area contributed by atoms with Crippen LogP contribution >= 0.6 is 11.6 Å². The molecule has 122 valence electrons. The Balaban J connectivity index is 2.24. The third kappa shape index (κ3) is 3.86. The van der Waals surface area contributed by atoms with E-state index in [0.717, 1.165) is 25.9 Å². The monoisotopic (exact) mass is 325 g/mol. The molecule has 5 heteroatoms. The largest absolute Gasteiger partial charge is 0.493 e. The Bertz CT molecular complexity index is 533. The molecule has 0 bridgehead atoms. The van der Waals surface area contributed by atoms with Crippen LogP contribution in [0.4, 0.5) is 0 Å². The number of carbonyl (C=O) groups excluding carboxylic acids is 1. The maximum Gasteiger partial charge on any atom is 0.254 e. The molecule has 22 heavy (non-hydrogen) atoms. The highest BCUT2D eigenvalue weighted by Crippen LogP contribution is 2.37. The summed E-state index contributed by atoms with van der Waals surface area (Å²) in [5.41, 5.74) is 0.555. The first kappa shape index (κ1) is 16.9. The van der Waals surface area contributed by atoms with Gasteiger partial charge in [0.25, 0.3) is 5.91 Å². The van der Waals surface area contributed by atoms with Gasteiger partial charge in [-0.3, -0.25) is 4.79 Å². The third-order valence-electron chi connectivity index (χ3n) is 3.87. The van der Waals surface area contributed by atoms with E-state index in [4.69, 9.17) is 21.1 Å². The van der Waals surface area contributed by atoms with Crippen molar-refractivity contribution in [3.8, 4) is 11.5 Å². The topological polar surface area (TPSA) is 38.8 Å². The number of amides is 1. The molecule has 1 atom stereocenters. The van der Waals surface area contributed by atoms with Crippen molar-refractivity contribution in [2.24, 2.45) is 5.92 Å². The normalized spacial score (nSPS) is 18.2. The van der Waals surface area contributed by atoms with Gasteiger partial charge < -0.3 is 14.4 Å². The van der Waals surface area contributed by atoms with E-state index in [1.54, 1.807) is 19.2 Å². The SMILES string of the molecule is CCCOc1c(Cl)cc(C(=O)N2CCCC(C)C2)cc1OC. The van der Waals surface area contributed by atoms with Gasteiger partial charge in [0.05, 0.1) is 18.7 Å². The minimum atomic E-state index is 0.00814. The Kier molecular flexibility index (Phi) is 5.95. The van der Waals surface area contributed by atoms with Crippen LogP contribution in [-0.4, -0.2) is 37.6 Å². The van der Waals surface area contributed by atoms with E-state index >= 15 is 0 Å². The predicted molar refractivity (Wildman–Crippen MR) is 88.1 cm³/mol. The number of benzene rings is 1. The minimum absolute atomic E-state index is 0.00814. The second-order valence-electron chi connectivity index (χ2n) is 5.84. The number of nitrogens with zero attached hydrogens (tertiary/aromatic N) is 1. The zero-order chi connectivity index (χ0) is 16.1. The van der Waals surface area contributed by atoms with Gasteiger partial charge in [-0.25, -0.2) is 0 Å². The molecule has 0 aromatic heterocycles. The summed E-state index contributed by atoms with van der Waals surface area (Å²) in [5.74, 6) is 1.57. The molecule has 0 aliphatic carbocycles. The summed E-state index contributed by atoms with van der Waals surface area (Å²) in [5, 5.41) is 0.418. The zero-order valence-corrected chi connectivity index (χ0v) is 14.3. The Labute approximate surface area is 137 Å². The molecule has 0 saturated carbocycles. The van der Waals surface area contributed by atoms with Crippen LogP contribution in [0.15, 0.2) is 12.1 Å². The van der Waals surface area contributed by atoms with Crippen molar-refractivity contribution in [1.29, 1.82) is 0 Å². The fraction of sp³-hybridized carbons (Fsp3) is 0.588. The van der Waals surface area contributed by atoms with Crippen LogP contribution < -0.4 is 9.47 Å². The lowest BCUT2D eigenvalue weighted by Gasteiger charge is -2.31. The maximum absolute atomic E-state index is 12.7. The molecule has 1 amide bonds.